The zero-order chi connectivity index (χ0) is 15.4. The lowest BCUT2D eigenvalue weighted by Gasteiger charge is -2.33. The minimum atomic E-state index is -1.01. The van der Waals surface area contributed by atoms with Crippen molar-refractivity contribution in [3.8, 4) is 0 Å². The summed E-state index contributed by atoms with van der Waals surface area (Å²) >= 11 is 5.97. The molecular formula is C15H17ClN2O3. The van der Waals surface area contributed by atoms with Crippen LogP contribution in [0.5, 0.6) is 0 Å². The van der Waals surface area contributed by atoms with Crippen LogP contribution in [0.25, 0.3) is 6.08 Å². The maximum atomic E-state index is 11.2. The first-order valence-electron chi connectivity index (χ1n) is 6.72. The van der Waals surface area contributed by atoms with Crippen LogP contribution in [0.2, 0.25) is 5.02 Å². The van der Waals surface area contributed by atoms with E-state index in [9.17, 15) is 9.59 Å². The number of hydrogen-bond donors (Lipinski definition) is 2. The average molecular weight is 309 g/mol. The van der Waals surface area contributed by atoms with Gasteiger partial charge in [-0.1, -0.05) is 11.6 Å². The predicted molar refractivity (Wildman–Crippen MR) is 82.3 cm³/mol. The Kier molecular flexibility index (Phi) is 4.85. The molecule has 0 radical (unpaired) electrons. The van der Waals surface area contributed by atoms with Crippen LogP contribution in [0.1, 0.15) is 18.4 Å². The Bertz CT molecular complexity index is 578. The number of piperidine rings is 1. The van der Waals surface area contributed by atoms with Crippen LogP contribution < -0.4 is 10.6 Å². The first-order chi connectivity index (χ1) is 9.97. The lowest BCUT2D eigenvalue weighted by Crippen LogP contribution is -2.38. The molecule has 1 amide bonds. The topological polar surface area (TPSA) is 83.6 Å². The summed E-state index contributed by atoms with van der Waals surface area (Å²) in [5, 5.41) is 9.31. The van der Waals surface area contributed by atoms with E-state index >= 15 is 0 Å². The summed E-state index contributed by atoms with van der Waals surface area (Å²) in [6, 6.07) is 5.38. The molecule has 1 aromatic rings. The number of rotatable bonds is 4. The molecule has 0 spiro atoms. The molecule has 1 aromatic carbocycles. The van der Waals surface area contributed by atoms with Gasteiger partial charge in [0.15, 0.2) is 0 Å². The van der Waals surface area contributed by atoms with Crippen molar-refractivity contribution < 1.29 is 14.7 Å². The van der Waals surface area contributed by atoms with E-state index < -0.39 is 5.97 Å². The number of amides is 1. The molecule has 0 saturated carbocycles. The van der Waals surface area contributed by atoms with Gasteiger partial charge in [0.1, 0.15) is 0 Å². The Labute approximate surface area is 128 Å². The molecule has 6 heteroatoms. The second kappa shape index (κ2) is 6.63. The Morgan fingerprint density at radius 2 is 2.00 bits per heavy atom. The molecule has 0 bridgehead atoms. The van der Waals surface area contributed by atoms with E-state index in [0.717, 1.165) is 17.3 Å². The van der Waals surface area contributed by atoms with Crippen LogP contribution >= 0.6 is 11.6 Å². The van der Waals surface area contributed by atoms with E-state index in [1.807, 2.05) is 6.07 Å². The molecule has 3 N–H and O–H groups in total. The fourth-order valence-corrected chi connectivity index (χ4v) is 2.69. The summed E-state index contributed by atoms with van der Waals surface area (Å²) < 4.78 is 0. The fourth-order valence-electron chi connectivity index (χ4n) is 2.51. The van der Waals surface area contributed by atoms with Crippen LogP contribution in [0.15, 0.2) is 24.3 Å². The molecule has 21 heavy (non-hydrogen) atoms. The molecule has 2 rings (SSSR count). The molecule has 1 aliphatic heterocycles. The number of anilines is 1. The largest absolute Gasteiger partial charge is 0.478 e. The number of nitrogens with zero attached hydrogens (tertiary/aromatic N) is 1. The number of nitrogens with two attached hydrogens (primary N) is 1. The standard InChI is InChI=1S/C15H17ClN2O3/c16-12-2-3-13(11(9-12)1-4-14(19)20)18-7-5-10(6-8-18)15(17)21/h1-4,9-10H,5-8H2,(H2,17,21)(H,19,20)/b4-1+. The molecule has 1 aliphatic rings. The van der Waals surface area contributed by atoms with Crippen molar-refractivity contribution in [2.24, 2.45) is 11.7 Å². The van der Waals surface area contributed by atoms with Crippen LogP contribution in [0.3, 0.4) is 0 Å². The monoisotopic (exact) mass is 308 g/mol. The SMILES string of the molecule is NC(=O)C1CCN(c2ccc(Cl)cc2/C=C/C(=O)O)CC1. The van der Waals surface area contributed by atoms with Gasteiger partial charge in [0.05, 0.1) is 0 Å². The number of hydrogen-bond acceptors (Lipinski definition) is 3. The first kappa shape index (κ1) is 15.4. The highest BCUT2D eigenvalue weighted by molar-refractivity contribution is 6.30. The van der Waals surface area contributed by atoms with Gasteiger partial charge < -0.3 is 15.7 Å². The van der Waals surface area contributed by atoms with Crippen molar-refractivity contribution in [1.29, 1.82) is 0 Å². The highest BCUT2D eigenvalue weighted by Gasteiger charge is 2.24. The number of carboxylic acids is 1. The Morgan fingerprint density at radius 1 is 1.33 bits per heavy atom. The molecule has 1 heterocycles. The Balaban J connectivity index is 2.20. The van der Waals surface area contributed by atoms with Crippen LogP contribution in [0.4, 0.5) is 5.69 Å². The van der Waals surface area contributed by atoms with Crippen LogP contribution in [-0.2, 0) is 9.59 Å². The van der Waals surface area contributed by atoms with Crippen molar-refractivity contribution >= 4 is 35.2 Å². The highest BCUT2D eigenvalue weighted by Crippen LogP contribution is 2.29. The van der Waals surface area contributed by atoms with E-state index in [1.165, 1.54) is 6.08 Å². The average Bonchev–Trinajstić information content (AvgIpc) is 2.45. The molecule has 0 atom stereocenters. The second-order valence-corrected chi connectivity index (χ2v) is 5.47. The summed E-state index contributed by atoms with van der Waals surface area (Å²) in [7, 11) is 0. The van der Waals surface area contributed by atoms with Crippen molar-refractivity contribution in [2.45, 2.75) is 12.8 Å². The smallest absolute Gasteiger partial charge is 0.328 e. The van der Waals surface area contributed by atoms with E-state index in [0.29, 0.717) is 31.0 Å². The van der Waals surface area contributed by atoms with Gasteiger partial charge in [0.25, 0.3) is 0 Å². The van der Waals surface area contributed by atoms with E-state index in [2.05, 4.69) is 4.90 Å². The molecular weight excluding hydrogens is 292 g/mol. The zero-order valence-corrected chi connectivity index (χ0v) is 12.2. The second-order valence-electron chi connectivity index (χ2n) is 5.04. The van der Waals surface area contributed by atoms with Gasteiger partial charge in [0, 0.05) is 35.8 Å². The van der Waals surface area contributed by atoms with Crippen molar-refractivity contribution in [1.82, 2.24) is 0 Å². The number of carbonyl (C=O) groups is 2. The summed E-state index contributed by atoms with van der Waals surface area (Å²) in [4.78, 5) is 24.0. The third kappa shape index (κ3) is 3.98. The zero-order valence-electron chi connectivity index (χ0n) is 11.5. The lowest BCUT2D eigenvalue weighted by molar-refractivity contribution is -0.131. The van der Waals surface area contributed by atoms with Crippen molar-refractivity contribution in [3.05, 3.63) is 34.9 Å². The predicted octanol–water partition coefficient (Wildman–Crippen LogP) is 2.14. The van der Waals surface area contributed by atoms with E-state index in [-0.39, 0.29) is 11.8 Å². The molecule has 5 nitrogen and oxygen atoms in total. The minimum absolute atomic E-state index is 0.0773. The molecule has 112 valence electrons. The van der Waals surface area contributed by atoms with Crippen LogP contribution in [0, 0.1) is 5.92 Å². The first-order valence-corrected chi connectivity index (χ1v) is 7.10. The van der Waals surface area contributed by atoms with Crippen molar-refractivity contribution in [2.75, 3.05) is 18.0 Å². The minimum Gasteiger partial charge on any atom is -0.478 e. The van der Waals surface area contributed by atoms with Gasteiger partial charge in [-0.3, -0.25) is 4.79 Å². The number of benzene rings is 1. The van der Waals surface area contributed by atoms with Gasteiger partial charge in [-0.2, -0.15) is 0 Å². The number of aliphatic carboxylic acids is 1. The van der Waals surface area contributed by atoms with Gasteiger partial charge >= 0.3 is 5.97 Å². The number of primary amides is 1. The number of halogens is 1. The third-order valence-corrected chi connectivity index (χ3v) is 3.87. The molecule has 0 aromatic heterocycles. The summed E-state index contributed by atoms with van der Waals surface area (Å²) in [5.41, 5.74) is 7.00. The molecule has 1 fully saturated rings. The van der Waals surface area contributed by atoms with Crippen LogP contribution in [-0.4, -0.2) is 30.1 Å². The van der Waals surface area contributed by atoms with Gasteiger partial charge in [-0.05, 0) is 42.7 Å². The summed E-state index contributed by atoms with van der Waals surface area (Å²) in [5.74, 6) is -1.34. The quantitative estimate of drug-likeness (QED) is 0.835. The van der Waals surface area contributed by atoms with Gasteiger partial charge in [-0.25, -0.2) is 4.79 Å². The third-order valence-electron chi connectivity index (χ3n) is 3.63. The molecule has 0 unspecified atom stereocenters. The van der Waals surface area contributed by atoms with Gasteiger partial charge in [0.2, 0.25) is 5.91 Å². The summed E-state index contributed by atoms with van der Waals surface area (Å²) in [6.45, 7) is 1.42. The Hall–Kier alpha value is -2.01. The van der Waals surface area contributed by atoms with E-state index in [4.69, 9.17) is 22.4 Å². The maximum absolute atomic E-state index is 11.2. The van der Waals surface area contributed by atoms with E-state index in [1.54, 1.807) is 12.1 Å². The number of carboxylic acid groups (broad SMARTS) is 1. The normalized spacial score (nSPS) is 16.3. The van der Waals surface area contributed by atoms with Crippen molar-refractivity contribution in [3.63, 3.8) is 0 Å². The molecule has 1 saturated heterocycles. The number of carbonyl (C=O) groups excluding carboxylic acids is 1. The maximum Gasteiger partial charge on any atom is 0.328 e. The molecule has 0 aliphatic carbocycles. The summed E-state index contributed by atoms with van der Waals surface area (Å²) in [6.07, 6.45) is 4.04. The highest BCUT2D eigenvalue weighted by atomic mass is 35.5. The fraction of sp³-hybridized carbons (Fsp3) is 0.333. The Morgan fingerprint density at radius 3 is 2.57 bits per heavy atom. The van der Waals surface area contributed by atoms with Gasteiger partial charge in [-0.15, -0.1) is 0 Å². The lowest BCUT2D eigenvalue weighted by atomic mass is 9.95.